The van der Waals surface area contributed by atoms with Crippen LogP contribution in [0.2, 0.25) is 0 Å². The molecule has 1 aliphatic rings. The predicted molar refractivity (Wildman–Crippen MR) is 118 cm³/mol. The van der Waals surface area contributed by atoms with E-state index in [1.54, 1.807) is 42.2 Å². The van der Waals surface area contributed by atoms with Crippen LogP contribution in [0.5, 0.6) is 11.6 Å². The van der Waals surface area contributed by atoms with Crippen LogP contribution in [0.4, 0.5) is 10.1 Å². The number of ether oxygens (including phenoxy) is 1. The second-order valence-corrected chi connectivity index (χ2v) is 9.22. The summed E-state index contributed by atoms with van der Waals surface area (Å²) >= 11 is 0. The lowest BCUT2D eigenvalue weighted by Crippen LogP contribution is -2.26. The molecule has 0 radical (unpaired) electrons. The highest BCUT2D eigenvalue weighted by Gasteiger charge is 2.23. The van der Waals surface area contributed by atoms with E-state index in [1.165, 1.54) is 30.5 Å². The van der Waals surface area contributed by atoms with E-state index < -0.39 is 15.8 Å². The standard InChI is InChI=1S/C23H22FN3O4S/c1-16-12-19(27-11-3-6-23(27)28)8-9-21(16)32(29,30)26-15-17-7-10-22(25-14-17)31-20-5-2-4-18(24)13-20/h2,4-5,7-10,12-14,26H,3,6,11,15H2,1H3. The van der Waals surface area contributed by atoms with E-state index >= 15 is 0 Å². The second kappa shape index (κ2) is 9.05. The van der Waals surface area contributed by atoms with Gasteiger partial charge in [-0.25, -0.2) is 22.5 Å². The molecule has 1 aromatic heterocycles. The molecule has 4 rings (SSSR count). The zero-order chi connectivity index (χ0) is 22.7. The number of carbonyl (C=O) groups excluding carboxylic acids is 1. The van der Waals surface area contributed by atoms with Gasteiger partial charge in [-0.15, -0.1) is 0 Å². The highest BCUT2D eigenvalue weighted by Crippen LogP contribution is 2.26. The van der Waals surface area contributed by atoms with E-state index in [2.05, 4.69) is 9.71 Å². The molecule has 3 aromatic rings. The molecule has 166 valence electrons. The predicted octanol–water partition coefficient (Wildman–Crippen LogP) is 3.93. The van der Waals surface area contributed by atoms with Crippen LogP contribution in [-0.4, -0.2) is 25.9 Å². The number of aromatic nitrogens is 1. The monoisotopic (exact) mass is 455 g/mol. The van der Waals surface area contributed by atoms with Crippen molar-refractivity contribution < 1.29 is 22.3 Å². The number of hydrogen-bond acceptors (Lipinski definition) is 5. The van der Waals surface area contributed by atoms with Gasteiger partial charge in [-0.1, -0.05) is 12.1 Å². The van der Waals surface area contributed by atoms with E-state index in [1.807, 2.05) is 0 Å². The summed E-state index contributed by atoms with van der Waals surface area (Å²) in [6, 6.07) is 13.9. The molecule has 7 nitrogen and oxygen atoms in total. The third kappa shape index (κ3) is 4.95. The summed E-state index contributed by atoms with van der Waals surface area (Å²) in [7, 11) is -3.76. The van der Waals surface area contributed by atoms with Gasteiger partial charge in [0, 0.05) is 43.5 Å². The molecule has 1 fully saturated rings. The average Bonchev–Trinajstić information content (AvgIpc) is 3.19. The lowest BCUT2D eigenvalue weighted by Gasteiger charge is -2.17. The molecule has 0 bridgehead atoms. The SMILES string of the molecule is Cc1cc(N2CCCC2=O)ccc1S(=O)(=O)NCc1ccc(Oc2cccc(F)c2)nc1. The van der Waals surface area contributed by atoms with Gasteiger partial charge in [-0.05, 0) is 54.8 Å². The maximum absolute atomic E-state index is 13.2. The van der Waals surface area contributed by atoms with Gasteiger partial charge in [0.05, 0.1) is 4.90 Å². The Kier molecular flexibility index (Phi) is 6.20. The van der Waals surface area contributed by atoms with Crippen molar-refractivity contribution >= 4 is 21.6 Å². The smallest absolute Gasteiger partial charge is 0.241 e. The van der Waals surface area contributed by atoms with Crippen molar-refractivity contribution in [3.05, 3.63) is 77.7 Å². The minimum absolute atomic E-state index is 0.0430. The zero-order valence-corrected chi connectivity index (χ0v) is 18.2. The van der Waals surface area contributed by atoms with Crippen LogP contribution in [0, 0.1) is 12.7 Å². The van der Waals surface area contributed by atoms with Crippen LogP contribution in [0.3, 0.4) is 0 Å². The fraction of sp³-hybridized carbons (Fsp3) is 0.217. The summed E-state index contributed by atoms with van der Waals surface area (Å²) in [5, 5.41) is 0. The Balaban J connectivity index is 1.41. The molecule has 0 atom stereocenters. The Labute approximate surface area is 185 Å². The van der Waals surface area contributed by atoms with Gasteiger partial charge in [0.25, 0.3) is 0 Å². The lowest BCUT2D eigenvalue weighted by atomic mass is 10.2. The van der Waals surface area contributed by atoms with Gasteiger partial charge in [0.1, 0.15) is 11.6 Å². The molecule has 0 saturated carbocycles. The van der Waals surface area contributed by atoms with Crippen LogP contribution >= 0.6 is 0 Å². The van der Waals surface area contributed by atoms with Crippen molar-refractivity contribution in [3.63, 3.8) is 0 Å². The van der Waals surface area contributed by atoms with Crippen molar-refractivity contribution in [2.45, 2.75) is 31.2 Å². The summed E-state index contributed by atoms with van der Waals surface area (Å²) in [5.41, 5.74) is 1.91. The fourth-order valence-electron chi connectivity index (χ4n) is 3.51. The van der Waals surface area contributed by atoms with Gasteiger partial charge >= 0.3 is 0 Å². The first-order chi connectivity index (χ1) is 15.3. The minimum atomic E-state index is -3.76. The average molecular weight is 456 g/mol. The fourth-order valence-corrected chi connectivity index (χ4v) is 4.75. The minimum Gasteiger partial charge on any atom is -0.439 e. The first-order valence-electron chi connectivity index (χ1n) is 10.1. The number of rotatable bonds is 7. The Morgan fingerprint density at radius 3 is 2.66 bits per heavy atom. The van der Waals surface area contributed by atoms with Crippen LogP contribution in [-0.2, 0) is 21.4 Å². The number of sulfonamides is 1. The third-order valence-corrected chi connectivity index (χ3v) is 6.68. The molecule has 32 heavy (non-hydrogen) atoms. The molecule has 1 amide bonds. The van der Waals surface area contributed by atoms with Crippen LogP contribution in [0.15, 0.2) is 65.7 Å². The van der Waals surface area contributed by atoms with Gasteiger partial charge < -0.3 is 9.64 Å². The molecule has 2 heterocycles. The van der Waals surface area contributed by atoms with Crippen molar-refractivity contribution in [1.82, 2.24) is 9.71 Å². The molecule has 0 aliphatic carbocycles. The highest BCUT2D eigenvalue weighted by molar-refractivity contribution is 7.89. The number of pyridine rings is 1. The number of amides is 1. The van der Waals surface area contributed by atoms with Gasteiger partial charge in [0.2, 0.25) is 21.8 Å². The first kappa shape index (κ1) is 21.9. The Hall–Kier alpha value is -3.30. The molecule has 2 aromatic carbocycles. The summed E-state index contributed by atoms with van der Waals surface area (Å²) in [6.45, 7) is 2.40. The maximum atomic E-state index is 13.2. The zero-order valence-electron chi connectivity index (χ0n) is 17.4. The third-order valence-electron chi connectivity index (χ3n) is 5.12. The van der Waals surface area contributed by atoms with Gasteiger partial charge in [-0.2, -0.15) is 0 Å². The Morgan fingerprint density at radius 1 is 1.16 bits per heavy atom. The molecule has 0 spiro atoms. The maximum Gasteiger partial charge on any atom is 0.241 e. The van der Waals surface area contributed by atoms with E-state index in [0.29, 0.717) is 35.5 Å². The van der Waals surface area contributed by atoms with E-state index in [4.69, 9.17) is 4.74 Å². The summed E-state index contributed by atoms with van der Waals surface area (Å²) in [6.07, 6.45) is 2.81. The largest absolute Gasteiger partial charge is 0.439 e. The van der Waals surface area contributed by atoms with Gasteiger partial charge in [0.15, 0.2) is 0 Å². The van der Waals surface area contributed by atoms with E-state index in [-0.39, 0.29) is 23.2 Å². The van der Waals surface area contributed by atoms with Crippen molar-refractivity contribution in [1.29, 1.82) is 0 Å². The van der Waals surface area contributed by atoms with Crippen molar-refractivity contribution in [2.24, 2.45) is 0 Å². The van der Waals surface area contributed by atoms with Crippen molar-refractivity contribution in [2.75, 3.05) is 11.4 Å². The topological polar surface area (TPSA) is 88.6 Å². The second-order valence-electron chi connectivity index (χ2n) is 7.49. The number of aryl methyl sites for hydroxylation is 1. The highest BCUT2D eigenvalue weighted by atomic mass is 32.2. The summed E-state index contributed by atoms with van der Waals surface area (Å²) in [5.74, 6) is 0.227. The van der Waals surface area contributed by atoms with Gasteiger partial charge in [-0.3, -0.25) is 4.79 Å². The first-order valence-corrected chi connectivity index (χ1v) is 11.6. The van der Waals surface area contributed by atoms with E-state index in [0.717, 1.165) is 6.42 Å². The lowest BCUT2D eigenvalue weighted by molar-refractivity contribution is -0.117. The quantitative estimate of drug-likeness (QED) is 0.583. The number of benzene rings is 2. The van der Waals surface area contributed by atoms with Crippen molar-refractivity contribution in [3.8, 4) is 11.6 Å². The number of nitrogens with one attached hydrogen (secondary N) is 1. The molecule has 1 saturated heterocycles. The molecular formula is C23H22FN3O4S. The summed E-state index contributed by atoms with van der Waals surface area (Å²) < 4.78 is 46.9. The number of nitrogens with zero attached hydrogens (tertiary/aromatic N) is 2. The van der Waals surface area contributed by atoms with Crippen LogP contribution < -0.4 is 14.4 Å². The molecule has 1 aliphatic heterocycles. The number of anilines is 1. The number of carbonyl (C=O) groups is 1. The van der Waals surface area contributed by atoms with Crippen LogP contribution in [0.25, 0.3) is 0 Å². The molecule has 0 unspecified atom stereocenters. The normalized spacial score (nSPS) is 14.1. The number of hydrogen-bond donors (Lipinski definition) is 1. The molecule has 1 N–H and O–H groups in total. The Bertz CT molecular complexity index is 1250. The number of halogens is 1. The molecular weight excluding hydrogens is 433 g/mol. The van der Waals surface area contributed by atoms with E-state index in [9.17, 15) is 17.6 Å². The Morgan fingerprint density at radius 2 is 2.00 bits per heavy atom. The van der Waals surface area contributed by atoms with Crippen LogP contribution in [0.1, 0.15) is 24.0 Å². The summed E-state index contributed by atoms with van der Waals surface area (Å²) in [4.78, 5) is 17.9. The molecule has 9 heteroatoms.